The number of pyridine rings is 1. The van der Waals surface area contributed by atoms with E-state index in [0.717, 1.165) is 71.6 Å². The van der Waals surface area contributed by atoms with Crippen LogP contribution in [0.15, 0.2) is 42.1 Å². The van der Waals surface area contributed by atoms with Gasteiger partial charge in [-0.2, -0.15) is 0 Å². The molecule has 0 radical (unpaired) electrons. The van der Waals surface area contributed by atoms with Gasteiger partial charge >= 0.3 is 0 Å². The summed E-state index contributed by atoms with van der Waals surface area (Å²) < 4.78 is 5.47. The highest BCUT2D eigenvalue weighted by atomic mass is 32.1. The van der Waals surface area contributed by atoms with Gasteiger partial charge in [-0.3, -0.25) is 14.7 Å². The van der Waals surface area contributed by atoms with Crippen LogP contribution in [0.4, 0.5) is 0 Å². The number of thiophene rings is 1. The minimum atomic E-state index is 0.294. The van der Waals surface area contributed by atoms with E-state index in [-0.39, 0.29) is 0 Å². The Bertz CT molecular complexity index is 1070. The molecular formula is C27H33N3O2S. The Kier molecular flexibility index (Phi) is 7.04. The van der Waals surface area contributed by atoms with E-state index in [1.165, 1.54) is 37.7 Å². The van der Waals surface area contributed by atoms with Gasteiger partial charge < -0.3 is 9.64 Å². The molecule has 1 saturated heterocycles. The Morgan fingerprint density at radius 1 is 1.18 bits per heavy atom. The second-order valence-corrected chi connectivity index (χ2v) is 10.3. The third kappa shape index (κ3) is 5.13. The van der Waals surface area contributed by atoms with Gasteiger partial charge in [-0.05, 0) is 42.2 Å². The van der Waals surface area contributed by atoms with Crippen LogP contribution in [-0.4, -0.2) is 60.1 Å². The highest BCUT2D eigenvalue weighted by Crippen LogP contribution is 2.38. The van der Waals surface area contributed by atoms with Gasteiger partial charge in [-0.15, -0.1) is 11.3 Å². The topological polar surface area (TPSA) is 45.7 Å². The number of amides is 1. The number of aromatic nitrogens is 1. The molecule has 2 aliphatic heterocycles. The van der Waals surface area contributed by atoms with Crippen molar-refractivity contribution in [1.82, 2.24) is 14.8 Å². The van der Waals surface area contributed by atoms with Crippen LogP contribution in [0.1, 0.15) is 48.7 Å². The van der Waals surface area contributed by atoms with Crippen molar-refractivity contribution >= 4 is 22.8 Å². The molecule has 0 N–H and O–H groups in total. The lowest BCUT2D eigenvalue weighted by atomic mass is 9.94. The number of carbonyl (C=O) groups is 1. The fourth-order valence-electron chi connectivity index (χ4n) is 4.86. The number of morpholine rings is 1. The first-order chi connectivity index (χ1) is 16.2. The van der Waals surface area contributed by atoms with Crippen LogP contribution in [0.2, 0.25) is 0 Å². The second-order valence-electron chi connectivity index (χ2n) is 9.12. The van der Waals surface area contributed by atoms with Crippen molar-refractivity contribution in [2.24, 2.45) is 0 Å². The standard InChI is InChI=1S/C27H33N3O2S/c1-2-3-4-27(31)30-11-9-20(10-12-30)23-6-7-25-24(23)17-21(18-28-25)26-8-5-22(33-26)19-29-13-15-32-16-14-29/h5-6,8-9,17-18H,2-4,7,10-16,19H2,1H3. The molecule has 2 aromatic rings. The van der Waals surface area contributed by atoms with E-state index in [4.69, 9.17) is 9.72 Å². The Balaban J connectivity index is 1.28. The highest BCUT2D eigenvalue weighted by molar-refractivity contribution is 7.15. The Labute approximate surface area is 200 Å². The van der Waals surface area contributed by atoms with E-state index in [1.54, 1.807) is 0 Å². The predicted octanol–water partition coefficient (Wildman–Crippen LogP) is 4.93. The first-order valence-corrected chi connectivity index (χ1v) is 13.1. The molecule has 4 heterocycles. The normalized spacial score (nSPS) is 18.8. The van der Waals surface area contributed by atoms with Crippen molar-refractivity contribution in [1.29, 1.82) is 0 Å². The molecule has 5 nitrogen and oxygen atoms in total. The van der Waals surface area contributed by atoms with Crippen LogP contribution in [0, 0.1) is 0 Å². The van der Waals surface area contributed by atoms with E-state index < -0.39 is 0 Å². The van der Waals surface area contributed by atoms with Crippen LogP contribution in [-0.2, 0) is 22.5 Å². The summed E-state index contributed by atoms with van der Waals surface area (Å²) in [5, 5.41) is 0. The van der Waals surface area contributed by atoms with Crippen LogP contribution in [0.5, 0.6) is 0 Å². The van der Waals surface area contributed by atoms with Gasteiger partial charge in [0.2, 0.25) is 5.91 Å². The molecule has 5 rings (SSSR count). The molecule has 0 spiro atoms. The monoisotopic (exact) mass is 463 g/mol. The van der Waals surface area contributed by atoms with Gasteiger partial charge in [0.05, 0.1) is 18.9 Å². The summed E-state index contributed by atoms with van der Waals surface area (Å²) in [6.07, 6.45) is 11.2. The van der Waals surface area contributed by atoms with Gasteiger partial charge in [0.1, 0.15) is 0 Å². The van der Waals surface area contributed by atoms with Crippen molar-refractivity contribution in [3.05, 3.63) is 58.3 Å². The zero-order chi connectivity index (χ0) is 22.6. The molecule has 0 unspecified atom stereocenters. The maximum absolute atomic E-state index is 12.4. The highest BCUT2D eigenvalue weighted by Gasteiger charge is 2.24. The average molecular weight is 464 g/mol. The fraction of sp³-hybridized carbons (Fsp3) is 0.481. The maximum Gasteiger partial charge on any atom is 0.222 e. The largest absolute Gasteiger partial charge is 0.379 e. The van der Waals surface area contributed by atoms with Gasteiger partial charge in [0, 0.05) is 72.6 Å². The first kappa shape index (κ1) is 22.5. The minimum Gasteiger partial charge on any atom is -0.379 e. The summed E-state index contributed by atoms with van der Waals surface area (Å²) in [4.78, 5) is 24.3. The van der Waals surface area contributed by atoms with Crippen molar-refractivity contribution in [2.45, 2.75) is 45.6 Å². The van der Waals surface area contributed by atoms with Gasteiger partial charge in [0.25, 0.3) is 0 Å². The number of unbranched alkanes of at least 4 members (excludes halogenated alkanes) is 1. The van der Waals surface area contributed by atoms with Crippen molar-refractivity contribution in [2.75, 3.05) is 39.4 Å². The van der Waals surface area contributed by atoms with E-state index in [2.05, 4.69) is 42.2 Å². The molecule has 2 aromatic heterocycles. The van der Waals surface area contributed by atoms with E-state index in [9.17, 15) is 4.79 Å². The number of rotatable bonds is 7. The molecule has 0 atom stereocenters. The summed E-state index contributed by atoms with van der Waals surface area (Å²) in [5.74, 6) is 0.294. The third-order valence-electron chi connectivity index (χ3n) is 6.84. The maximum atomic E-state index is 12.4. The number of allylic oxidation sites excluding steroid dienone is 2. The lowest BCUT2D eigenvalue weighted by Gasteiger charge is -2.27. The number of fused-ring (bicyclic) bond motifs is 1. The quantitative estimate of drug-likeness (QED) is 0.584. The van der Waals surface area contributed by atoms with Crippen molar-refractivity contribution in [3.8, 4) is 10.4 Å². The molecule has 0 saturated carbocycles. The summed E-state index contributed by atoms with van der Waals surface area (Å²) in [6, 6.07) is 6.82. The molecule has 1 fully saturated rings. The van der Waals surface area contributed by atoms with Gasteiger partial charge in [-0.25, -0.2) is 0 Å². The Morgan fingerprint density at radius 2 is 2.06 bits per heavy atom. The smallest absolute Gasteiger partial charge is 0.222 e. The lowest BCUT2D eigenvalue weighted by Crippen LogP contribution is -2.35. The Morgan fingerprint density at radius 3 is 2.85 bits per heavy atom. The molecule has 33 heavy (non-hydrogen) atoms. The molecular weight excluding hydrogens is 430 g/mol. The van der Waals surface area contributed by atoms with Crippen LogP contribution >= 0.6 is 11.3 Å². The van der Waals surface area contributed by atoms with Crippen molar-refractivity contribution < 1.29 is 9.53 Å². The predicted molar refractivity (Wildman–Crippen MR) is 134 cm³/mol. The van der Waals surface area contributed by atoms with Crippen LogP contribution < -0.4 is 0 Å². The number of hydrogen-bond acceptors (Lipinski definition) is 5. The molecule has 1 amide bonds. The van der Waals surface area contributed by atoms with E-state index in [1.807, 2.05) is 22.4 Å². The molecule has 1 aliphatic carbocycles. The zero-order valence-corrected chi connectivity index (χ0v) is 20.3. The molecule has 0 bridgehead atoms. The zero-order valence-electron chi connectivity index (χ0n) is 19.5. The summed E-state index contributed by atoms with van der Waals surface area (Å²) in [5.41, 5.74) is 6.33. The summed E-state index contributed by atoms with van der Waals surface area (Å²) in [6.45, 7) is 8.38. The van der Waals surface area contributed by atoms with E-state index >= 15 is 0 Å². The minimum absolute atomic E-state index is 0.294. The van der Waals surface area contributed by atoms with E-state index in [0.29, 0.717) is 12.3 Å². The summed E-state index contributed by atoms with van der Waals surface area (Å²) >= 11 is 1.87. The number of hydrogen-bond donors (Lipinski definition) is 0. The van der Waals surface area contributed by atoms with Crippen LogP contribution in [0.25, 0.3) is 16.0 Å². The fourth-order valence-corrected chi connectivity index (χ4v) is 5.89. The van der Waals surface area contributed by atoms with Crippen LogP contribution in [0.3, 0.4) is 0 Å². The first-order valence-electron chi connectivity index (χ1n) is 12.3. The number of ether oxygens (including phenoxy) is 1. The molecule has 174 valence electrons. The number of carbonyl (C=O) groups excluding carboxylic acids is 1. The van der Waals surface area contributed by atoms with Gasteiger partial charge in [0.15, 0.2) is 0 Å². The average Bonchev–Trinajstić information content (AvgIpc) is 3.50. The van der Waals surface area contributed by atoms with Gasteiger partial charge in [-0.1, -0.05) is 25.5 Å². The van der Waals surface area contributed by atoms with Crippen molar-refractivity contribution in [3.63, 3.8) is 0 Å². The number of nitrogens with zero attached hydrogens (tertiary/aromatic N) is 3. The molecule has 3 aliphatic rings. The second kappa shape index (κ2) is 10.3. The SMILES string of the molecule is CCCCC(=O)N1CC=C(C2=CCc3ncc(-c4ccc(CN5CCOCC5)s4)cc32)CC1. The third-order valence-corrected chi connectivity index (χ3v) is 7.96. The Hall–Kier alpha value is -2.28. The molecule has 6 heteroatoms. The molecule has 0 aromatic carbocycles. The lowest BCUT2D eigenvalue weighted by molar-refractivity contribution is -0.130. The summed E-state index contributed by atoms with van der Waals surface area (Å²) in [7, 11) is 0.